The summed E-state index contributed by atoms with van der Waals surface area (Å²) in [5, 5.41) is 0. The number of hydrogen-bond donors (Lipinski definition) is 0. The van der Waals surface area contributed by atoms with E-state index in [1.54, 1.807) is 6.08 Å². The number of nitrogens with zero attached hydrogens (tertiary/aromatic N) is 1. The summed E-state index contributed by atoms with van der Waals surface area (Å²) >= 11 is 0. The van der Waals surface area contributed by atoms with Gasteiger partial charge in [0.1, 0.15) is 5.75 Å². The number of alkyl halides is 2. The number of halogens is 2. The van der Waals surface area contributed by atoms with Gasteiger partial charge in [-0.15, -0.1) is 0 Å². The van der Waals surface area contributed by atoms with E-state index in [1.165, 1.54) is 30.3 Å². The summed E-state index contributed by atoms with van der Waals surface area (Å²) in [5.41, 5.74) is 2.45. The van der Waals surface area contributed by atoms with Gasteiger partial charge in [0.05, 0.1) is 13.2 Å². The van der Waals surface area contributed by atoms with Gasteiger partial charge in [-0.1, -0.05) is 18.2 Å². The van der Waals surface area contributed by atoms with Crippen molar-refractivity contribution in [2.24, 2.45) is 0 Å². The minimum atomic E-state index is -2.88. The summed E-state index contributed by atoms with van der Waals surface area (Å²) in [5.74, 6) is -0.176. The molecule has 136 valence electrons. The molecule has 26 heavy (non-hydrogen) atoms. The molecular formula is C20H19F2NO3. The average Bonchev–Trinajstić information content (AvgIpc) is 2.67. The van der Waals surface area contributed by atoms with Crippen LogP contribution in [0.25, 0.3) is 6.08 Å². The third-order valence-corrected chi connectivity index (χ3v) is 4.06. The molecular weight excluding hydrogens is 340 g/mol. The summed E-state index contributed by atoms with van der Waals surface area (Å²) in [4.78, 5) is 14.4. The van der Waals surface area contributed by atoms with Crippen molar-refractivity contribution in [3.63, 3.8) is 0 Å². The van der Waals surface area contributed by atoms with E-state index in [0.717, 1.165) is 37.6 Å². The maximum atomic E-state index is 12.2. The molecule has 0 saturated carbocycles. The Morgan fingerprint density at radius 2 is 1.69 bits per heavy atom. The van der Waals surface area contributed by atoms with Gasteiger partial charge in [-0.3, -0.25) is 4.79 Å². The molecule has 1 aliphatic heterocycles. The standard InChI is InChI=1S/C20H19F2NO3/c21-20(22)26-18-8-4-16(5-9-18)19(24)10-3-15-1-6-17(7-2-15)23-11-13-25-14-12-23/h1-10,20H,11-14H2. The largest absolute Gasteiger partial charge is 0.435 e. The van der Waals surface area contributed by atoms with Crippen molar-refractivity contribution in [3.8, 4) is 5.75 Å². The van der Waals surface area contributed by atoms with E-state index in [4.69, 9.17) is 4.74 Å². The minimum Gasteiger partial charge on any atom is -0.435 e. The fourth-order valence-electron chi connectivity index (χ4n) is 2.69. The van der Waals surface area contributed by atoms with Crippen LogP contribution in [0.15, 0.2) is 54.6 Å². The van der Waals surface area contributed by atoms with Crippen LogP contribution < -0.4 is 9.64 Å². The number of rotatable bonds is 6. The third-order valence-electron chi connectivity index (χ3n) is 4.06. The zero-order chi connectivity index (χ0) is 18.4. The first kappa shape index (κ1) is 18.1. The summed E-state index contributed by atoms with van der Waals surface area (Å²) < 4.78 is 33.9. The number of allylic oxidation sites excluding steroid dienone is 1. The van der Waals surface area contributed by atoms with Crippen LogP contribution in [0.4, 0.5) is 14.5 Å². The molecule has 6 heteroatoms. The summed E-state index contributed by atoms with van der Waals surface area (Å²) in [6.07, 6.45) is 3.20. The van der Waals surface area contributed by atoms with Crippen LogP contribution in [-0.2, 0) is 4.74 Å². The smallest absolute Gasteiger partial charge is 0.387 e. The van der Waals surface area contributed by atoms with Gasteiger partial charge in [-0.05, 0) is 48.0 Å². The average molecular weight is 359 g/mol. The minimum absolute atomic E-state index is 0.0271. The normalized spacial score (nSPS) is 14.8. The molecule has 0 aliphatic carbocycles. The Hall–Kier alpha value is -2.73. The Bertz CT molecular complexity index is 752. The first-order chi connectivity index (χ1) is 12.6. The number of ketones is 1. The van der Waals surface area contributed by atoms with Gasteiger partial charge in [0.2, 0.25) is 0 Å². The molecule has 2 aromatic rings. The maximum Gasteiger partial charge on any atom is 0.387 e. The van der Waals surface area contributed by atoms with Crippen molar-refractivity contribution in [1.29, 1.82) is 0 Å². The highest BCUT2D eigenvalue weighted by molar-refractivity contribution is 6.06. The second-order valence-electron chi connectivity index (χ2n) is 5.79. The first-order valence-electron chi connectivity index (χ1n) is 8.32. The molecule has 0 radical (unpaired) electrons. The number of morpholine rings is 1. The second kappa shape index (κ2) is 8.58. The van der Waals surface area contributed by atoms with Gasteiger partial charge in [0.25, 0.3) is 0 Å². The van der Waals surface area contributed by atoms with Crippen LogP contribution in [0.1, 0.15) is 15.9 Å². The highest BCUT2D eigenvalue weighted by atomic mass is 19.3. The number of benzene rings is 2. The van der Waals surface area contributed by atoms with E-state index in [-0.39, 0.29) is 11.5 Å². The van der Waals surface area contributed by atoms with Crippen LogP contribution in [-0.4, -0.2) is 38.7 Å². The monoisotopic (exact) mass is 359 g/mol. The van der Waals surface area contributed by atoms with Crippen LogP contribution in [0, 0.1) is 0 Å². The van der Waals surface area contributed by atoms with Gasteiger partial charge in [0.15, 0.2) is 5.78 Å². The Balaban J connectivity index is 1.60. The SMILES string of the molecule is O=C(C=Cc1ccc(N2CCOCC2)cc1)c1ccc(OC(F)F)cc1. The molecule has 3 rings (SSSR count). The maximum absolute atomic E-state index is 12.2. The van der Waals surface area contributed by atoms with Crippen molar-refractivity contribution in [1.82, 2.24) is 0 Å². The molecule has 0 atom stereocenters. The Morgan fingerprint density at radius 1 is 1.04 bits per heavy atom. The number of carbonyl (C=O) groups excluding carboxylic acids is 1. The van der Waals surface area contributed by atoms with Crippen LogP contribution >= 0.6 is 0 Å². The molecule has 1 aliphatic rings. The molecule has 0 spiro atoms. The molecule has 0 bridgehead atoms. The highest BCUT2D eigenvalue weighted by Crippen LogP contribution is 2.18. The van der Waals surface area contributed by atoms with E-state index >= 15 is 0 Å². The molecule has 4 nitrogen and oxygen atoms in total. The zero-order valence-corrected chi connectivity index (χ0v) is 14.1. The lowest BCUT2D eigenvalue weighted by atomic mass is 10.1. The molecule has 1 fully saturated rings. The summed E-state index contributed by atoms with van der Waals surface area (Å²) in [6, 6.07) is 13.6. The number of anilines is 1. The van der Waals surface area contributed by atoms with E-state index in [2.05, 4.69) is 9.64 Å². The van der Waals surface area contributed by atoms with Crippen molar-refractivity contribution in [2.75, 3.05) is 31.2 Å². The summed E-state index contributed by atoms with van der Waals surface area (Å²) in [6.45, 7) is 0.337. The van der Waals surface area contributed by atoms with Gasteiger partial charge in [-0.2, -0.15) is 8.78 Å². The van der Waals surface area contributed by atoms with Gasteiger partial charge >= 0.3 is 6.61 Å². The van der Waals surface area contributed by atoms with Crippen molar-refractivity contribution in [3.05, 3.63) is 65.7 Å². The second-order valence-corrected chi connectivity index (χ2v) is 5.79. The van der Waals surface area contributed by atoms with Crippen molar-refractivity contribution < 1.29 is 23.0 Å². The topological polar surface area (TPSA) is 38.8 Å². The third kappa shape index (κ3) is 4.89. The Kier molecular flexibility index (Phi) is 5.96. The van der Waals surface area contributed by atoms with Crippen molar-refractivity contribution in [2.45, 2.75) is 6.61 Å². The predicted octanol–water partition coefficient (Wildman–Crippen LogP) is 4.02. The lowest BCUT2D eigenvalue weighted by molar-refractivity contribution is -0.0498. The van der Waals surface area contributed by atoms with Crippen LogP contribution in [0.2, 0.25) is 0 Å². The van der Waals surface area contributed by atoms with Gasteiger partial charge in [0, 0.05) is 24.3 Å². The lowest BCUT2D eigenvalue weighted by Gasteiger charge is -2.28. The Morgan fingerprint density at radius 3 is 2.31 bits per heavy atom. The van der Waals surface area contributed by atoms with Crippen molar-refractivity contribution >= 4 is 17.5 Å². The molecule has 1 saturated heterocycles. The quantitative estimate of drug-likeness (QED) is 0.577. The fraction of sp³-hybridized carbons (Fsp3) is 0.250. The van der Waals surface area contributed by atoms with Gasteiger partial charge in [-0.25, -0.2) is 0 Å². The molecule has 0 aromatic heterocycles. The van der Waals surface area contributed by atoms with E-state index in [1.807, 2.05) is 24.3 Å². The highest BCUT2D eigenvalue weighted by Gasteiger charge is 2.10. The molecule has 0 unspecified atom stereocenters. The first-order valence-corrected chi connectivity index (χ1v) is 8.32. The zero-order valence-electron chi connectivity index (χ0n) is 14.1. The fourth-order valence-corrected chi connectivity index (χ4v) is 2.69. The Labute approximate surface area is 150 Å². The van der Waals surface area contributed by atoms with Crippen LogP contribution in [0.3, 0.4) is 0 Å². The number of hydrogen-bond acceptors (Lipinski definition) is 4. The van der Waals surface area contributed by atoms with E-state index in [0.29, 0.717) is 5.56 Å². The number of carbonyl (C=O) groups is 1. The van der Waals surface area contributed by atoms with E-state index < -0.39 is 6.61 Å². The predicted molar refractivity (Wildman–Crippen MR) is 95.9 cm³/mol. The van der Waals surface area contributed by atoms with E-state index in [9.17, 15) is 13.6 Å². The van der Waals surface area contributed by atoms with Crippen LogP contribution in [0.5, 0.6) is 5.75 Å². The molecule has 0 N–H and O–H groups in total. The molecule has 1 heterocycles. The molecule has 2 aromatic carbocycles. The summed E-state index contributed by atoms with van der Waals surface area (Å²) in [7, 11) is 0. The number of ether oxygens (including phenoxy) is 2. The lowest BCUT2D eigenvalue weighted by Crippen LogP contribution is -2.36. The molecule has 0 amide bonds. The van der Waals surface area contributed by atoms with Gasteiger partial charge < -0.3 is 14.4 Å².